The molecule has 0 saturated carbocycles. The summed E-state index contributed by atoms with van der Waals surface area (Å²) >= 11 is 0. The van der Waals surface area contributed by atoms with E-state index in [1.807, 2.05) is 54.6 Å². The lowest BCUT2D eigenvalue weighted by Crippen LogP contribution is -2.09. The summed E-state index contributed by atoms with van der Waals surface area (Å²) in [4.78, 5) is 63.2. The van der Waals surface area contributed by atoms with Gasteiger partial charge in [-0.25, -0.2) is 63.0 Å². The van der Waals surface area contributed by atoms with Crippen LogP contribution in [-0.2, 0) is 0 Å². The second kappa shape index (κ2) is 25.8. The number of aliphatic hydroxyl groups excluding tert-OH is 2. The SMILES string of the molecule is Nc1nccc2c(-c3cc(-c4ccccc4F)nc4ncccc34)c[nH]c(=O)c12.Nc1nccc2c(-c3cc(-c4ccccc4F)nc4ncccc34)cnc(OCCO)c12.OCCOc1ncc(-c2cc(-c3ccccc3F)nc3ncccc23)c2ccncc12. The van der Waals surface area contributed by atoms with Gasteiger partial charge in [-0.15, -0.1) is 0 Å². The van der Waals surface area contributed by atoms with Crippen molar-refractivity contribution in [1.29, 1.82) is 0 Å². The van der Waals surface area contributed by atoms with Gasteiger partial charge in [-0.1, -0.05) is 36.4 Å². The number of hydrogen-bond acceptors (Lipinski definition) is 18. The summed E-state index contributed by atoms with van der Waals surface area (Å²) in [6, 6.07) is 41.6. The zero-order chi connectivity index (χ0) is 63.2. The van der Waals surface area contributed by atoms with Crippen LogP contribution in [0.3, 0.4) is 0 Å². The van der Waals surface area contributed by atoms with Gasteiger partial charge in [-0.3, -0.25) is 9.78 Å². The Balaban J connectivity index is 0.000000126. The van der Waals surface area contributed by atoms with E-state index in [1.165, 1.54) is 18.2 Å². The van der Waals surface area contributed by atoms with Crippen LogP contribution < -0.4 is 26.5 Å². The smallest absolute Gasteiger partial charge is 0.259 e. The molecule has 0 radical (unpaired) electrons. The molecule has 0 bridgehead atoms. The number of fused-ring (bicyclic) bond motifs is 6. The van der Waals surface area contributed by atoms with Crippen molar-refractivity contribution in [3.05, 3.63) is 235 Å². The number of rotatable bonds is 12. The highest BCUT2D eigenvalue weighted by atomic mass is 19.1. The summed E-state index contributed by atoms with van der Waals surface area (Å²) in [5.74, 6) is -0.00414. The molecule has 7 N–H and O–H groups in total. The van der Waals surface area contributed by atoms with Crippen LogP contribution in [0.5, 0.6) is 11.8 Å². The number of nitrogen functional groups attached to an aromatic ring is 2. The first kappa shape index (κ1) is 58.7. The van der Waals surface area contributed by atoms with Crippen molar-refractivity contribution in [1.82, 2.24) is 59.8 Å². The van der Waals surface area contributed by atoms with Crippen molar-refractivity contribution in [3.63, 3.8) is 0 Å². The summed E-state index contributed by atoms with van der Waals surface area (Å²) in [5, 5.41) is 24.5. The molecule has 22 heteroatoms. The molecule has 0 aliphatic heterocycles. The van der Waals surface area contributed by atoms with Gasteiger partial charge in [0.25, 0.3) is 5.56 Å². The van der Waals surface area contributed by atoms with Crippen molar-refractivity contribution in [3.8, 4) is 78.9 Å². The van der Waals surface area contributed by atoms with Gasteiger partial charge in [-0.05, 0) is 131 Å². The highest BCUT2D eigenvalue weighted by molar-refractivity contribution is 6.10. The normalized spacial score (nSPS) is 11.2. The van der Waals surface area contributed by atoms with E-state index in [0.29, 0.717) is 72.8 Å². The highest BCUT2D eigenvalue weighted by Gasteiger charge is 2.22. The molecule has 12 aromatic heterocycles. The maximum absolute atomic E-state index is 14.6. The number of ether oxygens (including phenoxy) is 2. The van der Waals surface area contributed by atoms with Crippen LogP contribution >= 0.6 is 0 Å². The van der Waals surface area contributed by atoms with Crippen molar-refractivity contribution in [2.45, 2.75) is 0 Å². The quantitative estimate of drug-likeness (QED) is 0.0760. The number of aromatic nitrogens is 12. The van der Waals surface area contributed by atoms with E-state index >= 15 is 0 Å². The fourth-order valence-electron chi connectivity index (χ4n) is 10.9. The minimum atomic E-state index is -0.374. The molecule has 19 nitrogen and oxygen atoms in total. The molecule has 15 aromatic rings. The van der Waals surface area contributed by atoms with Gasteiger partial charge < -0.3 is 36.1 Å². The number of benzene rings is 3. The lowest BCUT2D eigenvalue weighted by Gasteiger charge is -2.15. The Labute approximate surface area is 519 Å². The van der Waals surface area contributed by atoms with Crippen molar-refractivity contribution in [2.75, 3.05) is 37.9 Å². The molecular weight excluding hydrogens is 1170 g/mol. The number of aromatic amines is 1. The van der Waals surface area contributed by atoms with Crippen LogP contribution in [0, 0.1) is 17.5 Å². The summed E-state index contributed by atoms with van der Waals surface area (Å²) in [7, 11) is 0. The molecule has 3 aromatic carbocycles. The Bertz CT molecular complexity index is 5380. The summed E-state index contributed by atoms with van der Waals surface area (Å²) in [6.45, 7) is -0.0548. The van der Waals surface area contributed by atoms with E-state index in [1.54, 1.807) is 135 Å². The lowest BCUT2D eigenvalue weighted by molar-refractivity contribution is 0.198. The second-order valence-corrected chi connectivity index (χ2v) is 20.5. The molecule has 0 aliphatic carbocycles. The Morgan fingerprint density at radius 3 is 1.30 bits per heavy atom. The summed E-state index contributed by atoms with van der Waals surface area (Å²) < 4.78 is 54.7. The van der Waals surface area contributed by atoms with Crippen molar-refractivity contribution < 1.29 is 32.9 Å². The van der Waals surface area contributed by atoms with Gasteiger partial charge in [0.2, 0.25) is 11.8 Å². The fraction of sp³-hybridized carbons (Fsp3) is 0.0571. The van der Waals surface area contributed by atoms with Crippen molar-refractivity contribution in [2.24, 2.45) is 0 Å². The van der Waals surface area contributed by atoms with Gasteiger partial charge in [0.15, 0.2) is 16.9 Å². The van der Waals surface area contributed by atoms with Gasteiger partial charge in [0, 0.05) is 122 Å². The number of pyridine rings is 12. The van der Waals surface area contributed by atoms with Crippen LogP contribution in [-0.4, -0.2) is 96.4 Å². The molecule has 0 atom stereocenters. The van der Waals surface area contributed by atoms with Crippen LogP contribution in [0.1, 0.15) is 0 Å². The van der Waals surface area contributed by atoms with Crippen LogP contribution in [0.15, 0.2) is 212 Å². The molecule has 450 valence electrons. The number of H-pyrrole nitrogens is 1. The van der Waals surface area contributed by atoms with Gasteiger partial charge in [0.1, 0.15) is 42.3 Å². The molecule has 0 amide bonds. The summed E-state index contributed by atoms with van der Waals surface area (Å²) in [5.41, 5.74) is 20.5. The third-order valence-electron chi connectivity index (χ3n) is 15.0. The van der Waals surface area contributed by atoms with Gasteiger partial charge in [0.05, 0.1) is 46.5 Å². The Hall–Kier alpha value is -12.3. The first-order valence-electron chi connectivity index (χ1n) is 28.6. The fourth-order valence-corrected chi connectivity index (χ4v) is 10.9. The maximum Gasteiger partial charge on any atom is 0.259 e. The zero-order valence-corrected chi connectivity index (χ0v) is 48.3. The molecular formula is C70H49F3N14O5. The third-order valence-corrected chi connectivity index (χ3v) is 15.0. The Morgan fingerprint density at radius 1 is 0.391 bits per heavy atom. The van der Waals surface area contributed by atoms with Gasteiger partial charge in [-0.2, -0.15) is 0 Å². The number of nitrogens with zero attached hydrogens (tertiary/aromatic N) is 11. The monoisotopic (exact) mass is 1220 g/mol. The molecule has 12 heterocycles. The number of nitrogens with one attached hydrogen (secondary N) is 1. The summed E-state index contributed by atoms with van der Waals surface area (Å²) in [6.07, 6.45) is 16.5. The van der Waals surface area contributed by atoms with E-state index in [4.69, 9.17) is 31.2 Å². The molecule has 0 unspecified atom stereocenters. The van der Waals surface area contributed by atoms with Crippen LogP contribution in [0.4, 0.5) is 24.8 Å². The van der Waals surface area contributed by atoms with Crippen molar-refractivity contribution >= 4 is 77.1 Å². The maximum atomic E-state index is 14.6. The molecule has 0 spiro atoms. The number of nitrogens with two attached hydrogens (primary N) is 2. The first-order valence-corrected chi connectivity index (χ1v) is 28.6. The van der Waals surface area contributed by atoms with E-state index in [0.717, 1.165) is 65.7 Å². The first-order chi connectivity index (χ1) is 45.1. The van der Waals surface area contributed by atoms with E-state index in [-0.39, 0.29) is 67.0 Å². The standard InChI is InChI=1S/C24H18FN5O2.C24H17FN4O2.C22H14FN5O/c25-19-6-2-1-4-16(19)20-12-17(15-5-3-8-28-23(15)30-20)18-13-29-24(32-11-10-31)21-14(18)7-9-27-22(21)26;25-21-6-2-1-4-17(21)22-12-18(16-5-3-8-27-23(16)29-22)19-14-28-24(31-11-10-30)20-13-26-9-7-15(19)20;23-17-6-2-1-4-14(17)18-10-15(13-5-3-8-26-21(13)28-18)16-11-27-22(29)19-12(16)7-9-25-20(19)24/h1-9,12-13,31H,10-11H2,(H2,26,27);1-9,12-14,30H,10-11H2;1-11H,(H2,24,25)(H,27,29). The van der Waals surface area contributed by atoms with E-state index < -0.39 is 0 Å². The lowest BCUT2D eigenvalue weighted by atomic mass is 9.97. The zero-order valence-electron chi connectivity index (χ0n) is 48.3. The van der Waals surface area contributed by atoms with Crippen LogP contribution in [0.2, 0.25) is 0 Å². The number of hydrogen-bond donors (Lipinski definition) is 5. The largest absolute Gasteiger partial charge is 0.475 e. The number of aliphatic hydroxyl groups is 2. The van der Waals surface area contributed by atoms with Crippen LogP contribution in [0.25, 0.3) is 133 Å². The Morgan fingerprint density at radius 2 is 0.815 bits per heavy atom. The molecule has 15 rings (SSSR count). The van der Waals surface area contributed by atoms with E-state index in [9.17, 15) is 18.0 Å². The van der Waals surface area contributed by atoms with Gasteiger partial charge >= 0.3 is 0 Å². The average molecular weight is 1220 g/mol. The third kappa shape index (κ3) is 11.5. The topological polar surface area (TPSA) is 286 Å². The second-order valence-electron chi connectivity index (χ2n) is 20.5. The average Bonchev–Trinajstić information content (AvgIpc) is 0.834. The minimum Gasteiger partial charge on any atom is -0.475 e. The molecule has 0 saturated heterocycles. The molecule has 0 fully saturated rings. The highest BCUT2D eigenvalue weighted by Crippen LogP contribution is 2.42. The van der Waals surface area contributed by atoms with E-state index in [2.05, 4.69) is 59.8 Å². The molecule has 92 heavy (non-hydrogen) atoms. The predicted octanol–water partition coefficient (Wildman–Crippen LogP) is 12.3. The Kier molecular flexibility index (Phi) is 16.5. The molecule has 0 aliphatic rings. The number of halogens is 3. The predicted molar refractivity (Wildman–Crippen MR) is 347 cm³/mol. The number of anilines is 2. The minimum absolute atomic E-state index is 0.0787.